The summed E-state index contributed by atoms with van der Waals surface area (Å²) in [6, 6.07) is -0.818. The Bertz CT molecular complexity index is 539. The minimum absolute atomic E-state index is 0.189. The van der Waals surface area contributed by atoms with Gasteiger partial charge in [-0.25, -0.2) is 9.59 Å². The van der Waals surface area contributed by atoms with Crippen molar-refractivity contribution in [3.05, 3.63) is 0 Å². The van der Waals surface area contributed by atoms with Crippen molar-refractivity contribution < 1.29 is 28.7 Å². The Labute approximate surface area is 168 Å². The minimum atomic E-state index is -0.818. The van der Waals surface area contributed by atoms with Crippen LogP contribution in [0, 0.1) is 0 Å². The van der Waals surface area contributed by atoms with Gasteiger partial charge in [0.1, 0.15) is 11.6 Å². The van der Waals surface area contributed by atoms with Gasteiger partial charge in [-0.2, -0.15) is 0 Å². The van der Waals surface area contributed by atoms with Gasteiger partial charge in [-0.15, -0.1) is 0 Å². The molecule has 1 unspecified atom stereocenters. The molecule has 0 aliphatic rings. The molecule has 0 bridgehead atoms. The highest BCUT2D eigenvalue weighted by Gasteiger charge is 2.22. The maximum absolute atomic E-state index is 12.1. The number of ether oxygens (including phenoxy) is 2. The number of nitrogens with zero attached hydrogens (tertiary/aromatic N) is 2. The van der Waals surface area contributed by atoms with E-state index in [1.54, 1.807) is 34.9 Å². The summed E-state index contributed by atoms with van der Waals surface area (Å²) >= 11 is 0. The van der Waals surface area contributed by atoms with Crippen LogP contribution in [0.4, 0.5) is 9.59 Å². The van der Waals surface area contributed by atoms with Crippen LogP contribution in [0.25, 0.3) is 0 Å². The van der Waals surface area contributed by atoms with Crippen molar-refractivity contribution in [1.82, 2.24) is 15.1 Å². The van der Waals surface area contributed by atoms with Gasteiger partial charge < -0.3 is 24.6 Å². The molecule has 0 aromatic heterocycles. The zero-order chi connectivity index (χ0) is 21.2. The smallest absolute Gasteiger partial charge is 0.410 e. The largest absolute Gasteiger partial charge is 0.467 e. The summed E-state index contributed by atoms with van der Waals surface area (Å²) in [5.74, 6) is -0.739. The zero-order valence-corrected chi connectivity index (χ0v) is 18.5. The molecule has 0 spiro atoms. The normalized spacial score (nSPS) is 12.0. The quantitative estimate of drug-likeness (QED) is 0.467. The molecule has 0 heterocycles. The molecule has 1 N–H and O–H groups in total. The lowest BCUT2D eigenvalue weighted by molar-refractivity contribution is -0.144. The summed E-state index contributed by atoms with van der Waals surface area (Å²) < 4.78 is 9.86. The Morgan fingerprint density at radius 2 is 1.63 bits per heavy atom. The average Bonchev–Trinajstić information content (AvgIpc) is 2.55. The van der Waals surface area contributed by atoms with Crippen molar-refractivity contribution in [3.8, 4) is 0 Å². The van der Waals surface area contributed by atoms with Gasteiger partial charge >= 0.3 is 12.1 Å². The molecule has 0 aliphatic carbocycles. The van der Waals surface area contributed by atoms with Crippen LogP contribution >= 0.6 is 21.6 Å². The third-order valence-electron chi connectivity index (χ3n) is 3.02. The number of likely N-dealkylation sites (N-methyl/N-ethyl adjacent to an activating group) is 2. The maximum atomic E-state index is 12.1. The Balaban J connectivity index is 4.32. The van der Waals surface area contributed by atoms with Gasteiger partial charge in [-0.05, 0) is 20.8 Å². The van der Waals surface area contributed by atoms with E-state index < -0.39 is 23.7 Å². The summed E-state index contributed by atoms with van der Waals surface area (Å²) in [5.41, 5.74) is -0.580. The number of methoxy groups -OCH3 is 1. The standard InChI is InChI=1S/C16H29N3O6S2/c1-11(20)17-12(13(21)24-7)10-26-27-15(23)19(6)9-8-18(5)14(22)25-16(2,3)4/h12H,8-10H2,1-7H3,(H,17,20). The van der Waals surface area contributed by atoms with E-state index in [0.717, 1.165) is 21.6 Å². The number of carbonyl (C=O) groups is 4. The molecule has 0 aliphatic heterocycles. The molecule has 11 heteroatoms. The molecule has 0 saturated heterocycles. The number of hydrogen-bond donors (Lipinski definition) is 1. The van der Waals surface area contributed by atoms with Crippen LogP contribution in [0.3, 0.4) is 0 Å². The minimum Gasteiger partial charge on any atom is -0.467 e. The van der Waals surface area contributed by atoms with E-state index >= 15 is 0 Å². The number of carbonyl (C=O) groups excluding carboxylic acids is 4. The van der Waals surface area contributed by atoms with Crippen molar-refractivity contribution in [2.75, 3.05) is 40.0 Å². The van der Waals surface area contributed by atoms with Gasteiger partial charge in [0.2, 0.25) is 5.91 Å². The molecule has 0 aromatic carbocycles. The first-order valence-corrected chi connectivity index (χ1v) is 10.5. The first kappa shape index (κ1) is 25.4. The van der Waals surface area contributed by atoms with Crippen LogP contribution in [0.5, 0.6) is 0 Å². The number of esters is 1. The second kappa shape index (κ2) is 12.0. The molecule has 0 rings (SSSR count). The van der Waals surface area contributed by atoms with Crippen LogP contribution in [0.2, 0.25) is 0 Å². The predicted octanol–water partition coefficient (Wildman–Crippen LogP) is 1.96. The topological polar surface area (TPSA) is 105 Å². The SMILES string of the molecule is COC(=O)C(CSSC(=O)N(C)CCN(C)C(=O)OC(C)(C)C)NC(C)=O. The summed E-state index contributed by atoms with van der Waals surface area (Å²) in [4.78, 5) is 49.6. The number of rotatable bonds is 8. The zero-order valence-electron chi connectivity index (χ0n) is 16.9. The van der Waals surface area contributed by atoms with Crippen molar-refractivity contribution in [2.24, 2.45) is 0 Å². The van der Waals surface area contributed by atoms with E-state index in [2.05, 4.69) is 10.1 Å². The van der Waals surface area contributed by atoms with E-state index in [9.17, 15) is 19.2 Å². The summed E-state index contributed by atoms with van der Waals surface area (Å²) in [7, 11) is 6.53. The lowest BCUT2D eigenvalue weighted by Crippen LogP contribution is -2.42. The van der Waals surface area contributed by atoms with E-state index in [1.165, 1.54) is 23.8 Å². The Morgan fingerprint density at radius 3 is 2.11 bits per heavy atom. The molecule has 9 nitrogen and oxygen atoms in total. The van der Waals surface area contributed by atoms with E-state index in [0.29, 0.717) is 13.1 Å². The number of nitrogens with one attached hydrogen (secondary N) is 1. The summed E-state index contributed by atoms with van der Waals surface area (Å²) in [6.45, 7) is 7.29. The Hall–Kier alpha value is -1.62. The molecule has 3 amide bonds. The summed E-state index contributed by atoms with van der Waals surface area (Å²) in [5, 5.41) is 2.24. The molecule has 0 fully saturated rings. The van der Waals surface area contributed by atoms with Gasteiger partial charge in [-0.3, -0.25) is 9.59 Å². The third kappa shape index (κ3) is 11.6. The average molecular weight is 424 g/mol. The van der Waals surface area contributed by atoms with Crippen molar-refractivity contribution in [3.63, 3.8) is 0 Å². The predicted molar refractivity (Wildman–Crippen MR) is 107 cm³/mol. The molecular weight excluding hydrogens is 394 g/mol. The fourth-order valence-corrected chi connectivity index (χ4v) is 3.63. The lowest BCUT2D eigenvalue weighted by Gasteiger charge is -2.26. The Morgan fingerprint density at radius 1 is 1.07 bits per heavy atom. The first-order valence-electron chi connectivity index (χ1n) is 8.21. The fourth-order valence-electron chi connectivity index (χ4n) is 1.59. The highest BCUT2D eigenvalue weighted by Crippen LogP contribution is 2.25. The van der Waals surface area contributed by atoms with Gasteiger partial charge in [0.15, 0.2) is 0 Å². The monoisotopic (exact) mass is 423 g/mol. The van der Waals surface area contributed by atoms with Crippen LogP contribution in [-0.2, 0) is 19.1 Å². The van der Waals surface area contributed by atoms with E-state index in [1.807, 2.05) is 0 Å². The van der Waals surface area contributed by atoms with E-state index in [-0.39, 0.29) is 16.9 Å². The lowest BCUT2D eigenvalue weighted by atomic mass is 10.2. The Kier molecular flexibility index (Phi) is 11.2. The van der Waals surface area contributed by atoms with E-state index in [4.69, 9.17) is 4.74 Å². The highest BCUT2D eigenvalue weighted by atomic mass is 33.1. The van der Waals surface area contributed by atoms with Gasteiger partial charge in [0.25, 0.3) is 5.24 Å². The molecule has 0 radical (unpaired) electrons. The van der Waals surface area contributed by atoms with Gasteiger partial charge in [-0.1, -0.05) is 10.8 Å². The van der Waals surface area contributed by atoms with Crippen molar-refractivity contribution in [2.45, 2.75) is 39.3 Å². The molecular formula is C16H29N3O6S2. The molecule has 156 valence electrons. The third-order valence-corrected chi connectivity index (χ3v) is 5.25. The highest BCUT2D eigenvalue weighted by molar-refractivity contribution is 8.82. The fraction of sp³-hybridized carbons (Fsp3) is 0.750. The second-order valence-corrected chi connectivity index (χ2v) is 9.03. The van der Waals surface area contributed by atoms with Crippen molar-refractivity contribution >= 4 is 44.8 Å². The maximum Gasteiger partial charge on any atom is 0.410 e. The second-order valence-electron chi connectivity index (χ2n) is 6.73. The first-order chi connectivity index (χ1) is 12.4. The van der Waals surface area contributed by atoms with Crippen LogP contribution in [-0.4, -0.2) is 84.7 Å². The number of hydrogen-bond acceptors (Lipinski definition) is 8. The van der Waals surface area contributed by atoms with Crippen LogP contribution in [0.1, 0.15) is 27.7 Å². The number of amides is 3. The molecule has 0 saturated carbocycles. The van der Waals surface area contributed by atoms with Crippen LogP contribution < -0.4 is 5.32 Å². The van der Waals surface area contributed by atoms with Gasteiger partial charge in [0, 0.05) is 50.7 Å². The molecule has 1 atom stereocenters. The molecule has 0 aromatic rings. The molecule has 27 heavy (non-hydrogen) atoms. The van der Waals surface area contributed by atoms with Crippen molar-refractivity contribution in [1.29, 1.82) is 0 Å². The van der Waals surface area contributed by atoms with Crippen LogP contribution in [0.15, 0.2) is 0 Å². The summed E-state index contributed by atoms with van der Waals surface area (Å²) in [6.07, 6.45) is -0.457. The van der Waals surface area contributed by atoms with Gasteiger partial charge in [0.05, 0.1) is 7.11 Å².